The maximum absolute atomic E-state index is 10.8. The Morgan fingerprint density at radius 2 is 1.10 bits per heavy atom. The Hall–Kier alpha value is -7.44. The van der Waals surface area contributed by atoms with Crippen molar-refractivity contribution >= 4 is 112 Å². The number of hydrogen-bond donors (Lipinski definition) is 0. The van der Waals surface area contributed by atoms with Crippen molar-refractivity contribution in [3.05, 3.63) is 168 Å². The standard InChI is InChI=1S/C62H52BN3O2/c1-60(2,3)37-23-25-47-42(29-37)44-30-38(61(4,5)6)33-51-56(44)65(47)48-20-15-19-46-58(48)66(51)50-32-39(62(7,8)9)31-49-55(50)63(46)59-57(45-28-36(22-26-54(45)68-59)35-16-11-10-12-17-35)64(49)40-24-27-53-43(34-40)41-18-13-14-21-52(41)67-53/h10-34H,1-9H3/i10D,11D,12D,13D,14D,15D,16D,17D,18D,19D,20D,21D,22D,23D,24D,25D,26D,27D,28D,29D,30D,31D,32D,33D,34D. The smallest absolute Gasteiger partial charge is 0.297 e. The SMILES string of the molecule is [2H]c1c([2H])c([2H])c(-c2c([2H])c([2H])c3oc4c(c3c2[2H])N(c2c([2H])c([2H])c3oc5c([2H])c([2H])c([2H])c([2H])c5c3c2[2H])c2c([2H])c(C(C)(C)C)c([2H])c3c2B4c2c([2H])c([2H])c([2H])c4c2N3c2c([2H])c(C(C)(C)C)c([2H])c3c5c([2H])c(C(C)(C)C)c([2H])c([2H])c5n-4c23)c([2H])c1[2H]. The predicted molar refractivity (Wildman–Crippen MR) is 287 cm³/mol. The highest BCUT2D eigenvalue weighted by Crippen LogP contribution is 2.55. The van der Waals surface area contributed by atoms with Gasteiger partial charge in [0, 0.05) is 44.0 Å². The van der Waals surface area contributed by atoms with Crippen LogP contribution in [0.1, 0.15) is 113 Å². The number of benzene rings is 8. The van der Waals surface area contributed by atoms with E-state index < -0.39 is 206 Å². The number of para-hydroxylation sites is 2. The first-order chi connectivity index (χ1) is 43.1. The minimum absolute atomic E-state index is 0.00565. The Kier molecular flexibility index (Phi) is 4.28. The highest BCUT2D eigenvalue weighted by atomic mass is 16.3. The molecule has 0 atom stereocenters. The number of anilines is 6. The lowest BCUT2D eigenvalue weighted by Gasteiger charge is -2.45. The van der Waals surface area contributed by atoms with Crippen molar-refractivity contribution in [2.45, 2.75) is 78.6 Å². The molecule has 0 unspecified atom stereocenters. The van der Waals surface area contributed by atoms with Crippen LogP contribution in [0, 0.1) is 0 Å². The Balaban J connectivity index is 1.29. The van der Waals surface area contributed by atoms with Crippen LogP contribution in [0.2, 0.25) is 0 Å². The van der Waals surface area contributed by atoms with Gasteiger partial charge in [0.25, 0.3) is 6.71 Å². The van der Waals surface area contributed by atoms with E-state index in [4.69, 9.17) is 19.8 Å². The van der Waals surface area contributed by atoms with E-state index in [1.54, 1.807) is 62.3 Å². The zero-order valence-electron chi connectivity index (χ0n) is 63.2. The molecule has 0 spiro atoms. The summed E-state index contributed by atoms with van der Waals surface area (Å²) >= 11 is 0. The van der Waals surface area contributed by atoms with Crippen molar-refractivity contribution in [3.63, 3.8) is 0 Å². The lowest BCUT2D eigenvalue weighted by atomic mass is 9.35. The zero-order chi connectivity index (χ0) is 68.1. The molecule has 3 aromatic heterocycles. The zero-order valence-corrected chi connectivity index (χ0v) is 38.2. The molecule has 0 bridgehead atoms. The molecule has 6 heteroatoms. The van der Waals surface area contributed by atoms with Gasteiger partial charge in [-0.05, 0) is 134 Å². The highest BCUT2D eigenvalue weighted by molar-refractivity contribution is 7.00. The number of rotatable bonds is 2. The maximum Gasteiger partial charge on any atom is 0.297 e. The van der Waals surface area contributed by atoms with Crippen LogP contribution < -0.4 is 26.4 Å². The summed E-state index contributed by atoms with van der Waals surface area (Å²) in [6.45, 7) is 13.9. The van der Waals surface area contributed by atoms with Crippen LogP contribution in [0.15, 0.2) is 160 Å². The van der Waals surface area contributed by atoms with E-state index in [-0.39, 0.29) is 107 Å². The molecule has 330 valence electrons. The van der Waals surface area contributed by atoms with Crippen molar-refractivity contribution in [1.82, 2.24) is 4.57 Å². The largest absolute Gasteiger partial charge is 0.468 e. The molecule has 0 aliphatic carbocycles. The van der Waals surface area contributed by atoms with Crippen molar-refractivity contribution < 1.29 is 43.1 Å². The molecule has 8 aromatic carbocycles. The summed E-state index contributed by atoms with van der Waals surface area (Å²) in [5, 5.41) is -1.32. The van der Waals surface area contributed by atoms with Crippen LogP contribution in [-0.2, 0) is 16.2 Å². The molecule has 0 amide bonds. The summed E-state index contributed by atoms with van der Waals surface area (Å²) in [6.07, 6.45) is 0. The topological polar surface area (TPSA) is 37.7 Å². The highest BCUT2D eigenvalue weighted by Gasteiger charge is 2.49. The van der Waals surface area contributed by atoms with Gasteiger partial charge in [-0.15, -0.1) is 0 Å². The number of furan rings is 2. The minimum Gasteiger partial charge on any atom is -0.468 e. The van der Waals surface area contributed by atoms with E-state index in [1.807, 2.05) is 0 Å². The van der Waals surface area contributed by atoms with Crippen LogP contribution in [0.3, 0.4) is 0 Å². The molecule has 0 radical (unpaired) electrons. The third-order valence-electron chi connectivity index (χ3n) is 13.0. The average Bonchev–Trinajstić information content (AvgIpc) is 1.63. The quantitative estimate of drug-likeness (QED) is 0.162. The summed E-state index contributed by atoms with van der Waals surface area (Å²) in [6, 6.07) is -16.9. The van der Waals surface area contributed by atoms with Crippen LogP contribution in [0.5, 0.6) is 0 Å². The third-order valence-corrected chi connectivity index (χ3v) is 13.0. The van der Waals surface area contributed by atoms with E-state index in [0.717, 1.165) is 4.90 Å². The number of nitrogens with zero attached hydrogens (tertiary/aromatic N) is 3. The first-order valence-corrected chi connectivity index (χ1v) is 22.2. The summed E-state index contributed by atoms with van der Waals surface area (Å²) in [5.74, 6) is 0. The normalized spacial score (nSPS) is 19.3. The first kappa shape index (κ1) is 22.1. The van der Waals surface area contributed by atoms with Gasteiger partial charge in [0.05, 0.1) is 73.7 Å². The van der Waals surface area contributed by atoms with Gasteiger partial charge in [0.1, 0.15) is 16.7 Å². The average molecular weight is 907 g/mol. The van der Waals surface area contributed by atoms with Gasteiger partial charge in [-0.2, -0.15) is 0 Å². The molecule has 3 aliphatic heterocycles. The summed E-state index contributed by atoms with van der Waals surface area (Å²) < 4.78 is 256. The van der Waals surface area contributed by atoms with Crippen LogP contribution >= 0.6 is 0 Å². The Bertz CT molecular complexity index is 5460. The summed E-state index contributed by atoms with van der Waals surface area (Å²) in [4.78, 5) is 2.53. The van der Waals surface area contributed by atoms with Crippen molar-refractivity contribution in [3.8, 4) is 16.8 Å². The predicted octanol–water partition coefficient (Wildman–Crippen LogP) is 15.4. The fourth-order valence-corrected chi connectivity index (χ4v) is 9.74. The van der Waals surface area contributed by atoms with Crippen LogP contribution in [0.25, 0.3) is 71.5 Å². The summed E-state index contributed by atoms with van der Waals surface area (Å²) in [5.41, 5.74) is -9.57. The molecule has 11 aromatic rings. The Morgan fingerprint density at radius 1 is 0.441 bits per heavy atom. The van der Waals surface area contributed by atoms with E-state index in [0.29, 0.717) is 0 Å². The molecule has 0 saturated heterocycles. The van der Waals surface area contributed by atoms with Gasteiger partial charge in [-0.1, -0.05) is 135 Å². The Morgan fingerprint density at radius 3 is 1.88 bits per heavy atom. The van der Waals surface area contributed by atoms with Crippen molar-refractivity contribution in [1.29, 1.82) is 0 Å². The lowest BCUT2D eigenvalue weighted by molar-refractivity contribution is 0.590. The number of fused-ring (bicyclic) bond motifs is 14. The second-order valence-corrected chi connectivity index (χ2v) is 20.6. The molecule has 68 heavy (non-hydrogen) atoms. The fourth-order valence-electron chi connectivity index (χ4n) is 9.74. The fraction of sp³-hybridized carbons (Fsp3) is 0.194. The van der Waals surface area contributed by atoms with Crippen LogP contribution in [0.4, 0.5) is 34.1 Å². The van der Waals surface area contributed by atoms with Gasteiger partial charge in [-0.25, -0.2) is 0 Å². The van der Waals surface area contributed by atoms with E-state index in [9.17, 15) is 23.3 Å². The maximum atomic E-state index is 10.8. The van der Waals surface area contributed by atoms with Crippen molar-refractivity contribution in [2.24, 2.45) is 0 Å². The van der Waals surface area contributed by atoms with E-state index in [1.165, 1.54) is 9.47 Å². The molecule has 0 fully saturated rings. The minimum atomic E-state index is -1.79. The molecule has 14 rings (SSSR count). The third kappa shape index (κ3) is 5.34. The monoisotopic (exact) mass is 907 g/mol. The van der Waals surface area contributed by atoms with Gasteiger partial charge in [0.2, 0.25) is 0 Å². The van der Waals surface area contributed by atoms with E-state index >= 15 is 0 Å². The van der Waals surface area contributed by atoms with E-state index in [2.05, 4.69) is 0 Å². The van der Waals surface area contributed by atoms with Crippen molar-refractivity contribution in [2.75, 3.05) is 9.80 Å². The van der Waals surface area contributed by atoms with Gasteiger partial charge >= 0.3 is 0 Å². The number of aromatic nitrogens is 1. The first-order valence-electron chi connectivity index (χ1n) is 34.7. The van der Waals surface area contributed by atoms with Crippen LogP contribution in [-0.4, -0.2) is 11.3 Å². The second kappa shape index (κ2) is 13.2. The molecule has 3 aliphatic rings. The van der Waals surface area contributed by atoms with Gasteiger partial charge in [-0.3, -0.25) is 0 Å². The van der Waals surface area contributed by atoms with Gasteiger partial charge in [0.15, 0.2) is 0 Å². The molecular formula is C62H52BN3O2. The Labute approximate surface area is 432 Å². The molecule has 6 heterocycles. The van der Waals surface area contributed by atoms with Gasteiger partial charge < -0.3 is 23.2 Å². The molecule has 5 nitrogen and oxygen atoms in total. The molecule has 0 saturated carbocycles. The summed E-state index contributed by atoms with van der Waals surface area (Å²) in [7, 11) is 0. The molecule has 0 N–H and O–H groups in total. The number of hydrogen-bond acceptors (Lipinski definition) is 4. The second-order valence-electron chi connectivity index (χ2n) is 20.6. The lowest BCUT2D eigenvalue weighted by Crippen LogP contribution is -2.61. The molecular weight excluding hydrogens is 830 g/mol.